The summed E-state index contributed by atoms with van der Waals surface area (Å²) in [4.78, 5) is 11.9. The molecule has 0 saturated carbocycles. The fourth-order valence-electron chi connectivity index (χ4n) is 2.14. The summed E-state index contributed by atoms with van der Waals surface area (Å²) in [6.07, 6.45) is 0. The molecule has 0 aliphatic carbocycles. The van der Waals surface area contributed by atoms with Crippen LogP contribution in [0.2, 0.25) is 5.02 Å². The maximum atomic E-state index is 12.6. The minimum absolute atomic E-state index is 0.190. The first-order valence-corrected chi connectivity index (χ1v) is 8.72. The second kappa shape index (κ2) is 6.66. The fourth-order valence-corrected chi connectivity index (χ4v) is 3.39. The Kier molecular flexibility index (Phi) is 5.00. The van der Waals surface area contributed by atoms with E-state index in [0.717, 1.165) is 6.07 Å². The van der Waals surface area contributed by atoms with Gasteiger partial charge in [0.05, 0.1) is 21.2 Å². The molecule has 0 fully saturated rings. The van der Waals surface area contributed by atoms with Gasteiger partial charge in [0, 0.05) is 30.7 Å². The molecule has 0 atom stereocenters. The first-order valence-electron chi connectivity index (χ1n) is 6.86. The van der Waals surface area contributed by atoms with Gasteiger partial charge < -0.3 is 4.90 Å². The van der Waals surface area contributed by atoms with Crippen molar-refractivity contribution in [1.82, 2.24) is 0 Å². The van der Waals surface area contributed by atoms with Crippen molar-refractivity contribution < 1.29 is 13.3 Å². The fraction of sp³-hybridized carbons (Fsp3) is 0.200. The number of hydrogen-bond acceptors (Lipinski definition) is 5. The van der Waals surface area contributed by atoms with Gasteiger partial charge in [0.15, 0.2) is 0 Å². The monoisotopic (exact) mass is 369 g/mol. The van der Waals surface area contributed by atoms with E-state index < -0.39 is 14.9 Å². The van der Waals surface area contributed by atoms with Crippen molar-refractivity contribution in [1.29, 1.82) is 0 Å². The average Bonchev–Trinajstić information content (AvgIpc) is 2.46. The van der Waals surface area contributed by atoms with E-state index in [1.165, 1.54) is 18.2 Å². The summed E-state index contributed by atoms with van der Waals surface area (Å²) in [5, 5.41) is 11.4. The number of benzene rings is 2. The molecule has 9 heteroatoms. The topological polar surface area (TPSA) is 92.6 Å². The molecule has 0 spiro atoms. The Bertz CT molecular complexity index is 898. The molecule has 0 aliphatic rings. The molecule has 0 amide bonds. The second-order valence-electron chi connectivity index (χ2n) is 5.37. The summed E-state index contributed by atoms with van der Waals surface area (Å²) in [5.41, 5.74) is 1.04. The molecular weight excluding hydrogens is 354 g/mol. The van der Waals surface area contributed by atoms with Gasteiger partial charge in [-0.1, -0.05) is 17.7 Å². The molecule has 0 aliphatic heterocycles. The third kappa shape index (κ3) is 3.77. The molecule has 0 bridgehead atoms. The third-order valence-corrected chi connectivity index (χ3v) is 4.97. The Balaban J connectivity index is 2.48. The molecular formula is C15H16ClN3O4S. The smallest absolute Gasteiger partial charge is 0.273 e. The number of nitro benzene ring substituents is 1. The highest BCUT2D eigenvalue weighted by Gasteiger charge is 2.21. The van der Waals surface area contributed by atoms with E-state index in [2.05, 4.69) is 4.72 Å². The summed E-state index contributed by atoms with van der Waals surface area (Å²) in [5.74, 6) is 0. The van der Waals surface area contributed by atoms with Crippen LogP contribution in [-0.4, -0.2) is 27.4 Å². The van der Waals surface area contributed by atoms with Crippen molar-refractivity contribution in [2.45, 2.75) is 11.8 Å². The van der Waals surface area contributed by atoms with Crippen LogP contribution in [0, 0.1) is 17.0 Å². The van der Waals surface area contributed by atoms with E-state index in [0.29, 0.717) is 16.3 Å². The molecule has 0 heterocycles. The number of nitrogens with zero attached hydrogens (tertiary/aromatic N) is 2. The average molecular weight is 370 g/mol. The van der Waals surface area contributed by atoms with Gasteiger partial charge in [0.1, 0.15) is 0 Å². The van der Waals surface area contributed by atoms with E-state index in [1.807, 2.05) is 0 Å². The van der Waals surface area contributed by atoms with Gasteiger partial charge in [0.25, 0.3) is 15.7 Å². The van der Waals surface area contributed by atoms with E-state index in [4.69, 9.17) is 11.6 Å². The lowest BCUT2D eigenvalue weighted by Gasteiger charge is -2.19. The molecule has 1 N–H and O–H groups in total. The van der Waals surface area contributed by atoms with Crippen molar-refractivity contribution in [3.8, 4) is 0 Å². The van der Waals surface area contributed by atoms with Crippen LogP contribution in [0.3, 0.4) is 0 Å². The minimum Gasteiger partial charge on any atom is -0.376 e. The third-order valence-electron chi connectivity index (χ3n) is 3.37. The highest BCUT2D eigenvalue weighted by Crippen LogP contribution is 2.31. The first kappa shape index (κ1) is 18.0. The molecule has 0 saturated heterocycles. The van der Waals surface area contributed by atoms with Gasteiger partial charge in [-0.3, -0.25) is 14.8 Å². The van der Waals surface area contributed by atoms with Gasteiger partial charge in [-0.2, -0.15) is 0 Å². The molecule has 7 nitrogen and oxygen atoms in total. The number of sulfonamides is 1. The Morgan fingerprint density at radius 1 is 1.17 bits per heavy atom. The van der Waals surface area contributed by atoms with Crippen LogP contribution in [0.1, 0.15) is 5.56 Å². The number of aryl methyl sites for hydroxylation is 1. The van der Waals surface area contributed by atoms with Crippen LogP contribution in [-0.2, 0) is 10.0 Å². The number of rotatable bonds is 5. The van der Waals surface area contributed by atoms with Crippen molar-refractivity contribution >= 4 is 38.7 Å². The summed E-state index contributed by atoms with van der Waals surface area (Å²) >= 11 is 5.94. The molecule has 0 aromatic heterocycles. The maximum Gasteiger partial charge on any atom is 0.273 e. The lowest BCUT2D eigenvalue weighted by Crippen LogP contribution is -2.17. The Hall–Kier alpha value is -2.32. The van der Waals surface area contributed by atoms with Crippen molar-refractivity contribution in [2.24, 2.45) is 0 Å². The predicted molar refractivity (Wildman–Crippen MR) is 94.4 cm³/mol. The summed E-state index contributed by atoms with van der Waals surface area (Å²) in [6, 6.07) is 8.57. The zero-order chi connectivity index (χ0) is 18.1. The molecule has 2 rings (SSSR count). The molecule has 24 heavy (non-hydrogen) atoms. The molecule has 2 aromatic carbocycles. The van der Waals surface area contributed by atoms with Crippen LogP contribution >= 0.6 is 11.6 Å². The van der Waals surface area contributed by atoms with Gasteiger partial charge in [-0.25, -0.2) is 8.42 Å². The van der Waals surface area contributed by atoms with Crippen molar-refractivity contribution in [3.05, 3.63) is 57.1 Å². The Labute approximate surface area is 145 Å². The summed E-state index contributed by atoms with van der Waals surface area (Å²) in [6.45, 7) is 1.54. The first-order chi connectivity index (χ1) is 11.1. The molecule has 128 valence electrons. The highest BCUT2D eigenvalue weighted by atomic mass is 35.5. The quantitative estimate of drug-likeness (QED) is 0.643. The SMILES string of the molecule is Cc1ccc(S(=O)(=O)Nc2cc(Cl)ccc2N(C)C)cc1[N+](=O)[O-]. The lowest BCUT2D eigenvalue weighted by molar-refractivity contribution is -0.385. The van der Waals surface area contributed by atoms with Crippen LogP contribution < -0.4 is 9.62 Å². The Morgan fingerprint density at radius 3 is 2.42 bits per heavy atom. The van der Waals surface area contributed by atoms with E-state index in [9.17, 15) is 18.5 Å². The zero-order valence-electron chi connectivity index (χ0n) is 13.3. The van der Waals surface area contributed by atoms with E-state index in [-0.39, 0.29) is 16.3 Å². The summed E-state index contributed by atoms with van der Waals surface area (Å²) < 4.78 is 27.6. The standard InChI is InChI=1S/C15H16ClN3O4S/c1-10-4-6-12(9-15(10)19(20)21)24(22,23)17-13-8-11(16)5-7-14(13)18(2)3/h4-9,17H,1-3H3. The predicted octanol–water partition coefficient (Wildman–Crippen LogP) is 3.42. The van der Waals surface area contributed by atoms with Crippen LogP contribution in [0.25, 0.3) is 0 Å². The highest BCUT2D eigenvalue weighted by molar-refractivity contribution is 7.92. The van der Waals surface area contributed by atoms with Crippen LogP contribution in [0.4, 0.5) is 17.1 Å². The normalized spacial score (nSPS) is 11.2. The lowest BCUT2D eigenvalue weighted by atomic mass is 10.2. The second-order valence-corrected chi connectivity index (χ2v) is 7.49. The van der Waals surface area contributed by atoms with Gasteiger partial charge in [-0.15, -0.1) is 0 Å². The number of anilines is 2. The number of nitrogens with one attached hydrogen (secondary N) is 1. The number of halogens is 1. The van der Waals surface area contributed by atoms with Crippen molar-refractivity contribution in [3.63, 3.8) is 0 Å². The largest absolute Gasteiger partial charge is 0.376 e. The van der Waals surface area contributed by atoms with Crippen molar-refractivity contribution in [2.75, 3.05) is 23.7 Å². The molecule has 2 aromatic rings. The minimum atomic E-state index is -4.00. The van der Waals surface area contributed by atoms with Gasteiger partial charge in [-0.05, 0) is 31.2 Å². The van der Waals surface area contributed by atoms with Crippen LogP contribution in [0.15, 0.2) is 41.3 Å². The van der Waals surface area contributed by atoms with Gasteiger partial charge in [0.2, 0.25) is 0 Å². The molecule has 0 unspecified atom stereocenters. The van der Waals surface area contributed by atoms with Crippen LogP contribution in [0.5, 0.6) is 0 Å². The zero-order valence-corrected chi connectivity index (χ0v) is 14.9. The molecule has 0 radical (unpaired) electrons. The summed E-state index contributed by atoms with van der Waals surface area (Å²) in [7, 11) is -0.475. The van der Waals surface area contributed by atoms with E-state index in [1.54, 1.807) is 38.1 Å². The van der Waals surface area contributed by atoms with E-state index >= 15 is 0 Å². The van der Waals surface area contributed by atoms with Gasteiger partial charge >= 0.3 is 0 Å². The number of nitro groups is 1. The number of hydrogen-bond donors (Lipinski definition) is 1. The Morgan fingerprint density at radius 2 is 1.83 bits per heavy atom. The maximum absolute atomic E-state index is 12.6.